The lowest BCUT2D eigenvalue weighted by Gasteiger charge is -2.10. The average Bonchev–Trinajstić information content (AvgIpc) is 2.55. The van der Waals surface area contributed by atoms with Gasteiger partial charge in [0.1, 0.15) is 11.5 Å². The Morgan fingerprint density at radius 1 is 0.818 bits per heavy atom. The van der Waals surface area contributed by atoms with Crippen molar-refractivity contribution in [3.05, 3.63) is 53.6 Å². The summed E-state index contributed by atoms with van der Waals surface area (Å²) in [7, 11) is 3.30. The van der Waals surface area contributed by atoms with Crippen molar-refractivity contribution in [3.63, 3.8) is 0 Å². The molecule has 22 heavy (non-hydrogen) atoms. The molecule has 0 spiro atoms. The number of fused-ring (bicyclic) bond motifs is 1. The van der Waals surface area contributed by atoms with Gasteiger partial charge in [-0.1, -0.05) is 12.1 Å². The Kier molecular flexibility index (Phi) is 3.72. The Hall–Kier alpha value is -2.55. The van der Waals surface area contributed by atoms with Crippen LogP contribution in [-0.4, -0.2) is 19.2 Å². The topological polar surface area (TPSA) is 31.4 Å². The minimum atomic E-state index is 0.745. The number of benzene rings is 2. The smallest absolute Gasteiger partial charge is 0.131 e. The number of ether oxygens (including phenoxy) is 2. The predicted molar refractivity (Wildman–Crippen MR) is 89.8 cm³/mol. The molecule has 1 aromatic heterocycles. The van der Waals surface area contributed by atoms with Gasteiger partial charge in [0.2, 0.25) is 0 Å². The van der Waals surface area contributed by atoms with Gasteiger partial charge in [0.25, 0.3) is 0 Å². The van der Waals surface area contributed by atoms with E-state index in [1.54, 1.807) is 14.2 Å². The van der Waals surface area contributed by atoms with Crippen molar-refractivity contribution in [3.8, 4) is 22.8 Å². The normalized spacial score (nSPS) is 10.7. The zero-order valence-corrected chi connectivity index (χ0v) is 13.3. The van der Waals surface area contributed by atoms with Gasteiger partial charge in [0.15, 0.2) is 0 Å². The van der Waals surface area contributed by atoms with Crippen molar-refractivity contribution >= 4 is 10.9 Å². The molecule has 2 aromatic carbocycles. The molecule has 3 heteroatoms. The van der Waals surface area contributed by atoms with Gasteiger partial charge < -0.3 is 9.47 Å². The van der Waals surface area contributed by atoms with E-state index in [9.17, 15) is 0 Å². The van der Waals surface area contributed by atoms with Crippen molar-refractivity contribution in [2.75, 3.05) is 14.2 Å². The molecule has 112 valence electrons. The van der Waals surface area contributed by atoms with Crippen LogP contribution in [-0.2, 0) is 0 Å². The summed E-state index contributed by atoms with van der Waals surface area (Å²) in [6.07, 6.45) is 0. The first kappa shape index (κ1) is 14.4. The van der Waals surface area contributed by atoms with Crippen molar-refractivity contribution in [2.45, 2.75) is 13.8 Å². The lowest BCUT2D eigenvalue weighted by atomic mass is 10.0. The van der Waals surface area contributed by atoms with Crippen molar-refractivity contribution < 1.29 is 9.47 Å². The van der Waals surface area contributed by atoms with Crippen LogP contribution in [0.25, 0.3) is 22.2 Å². The maximum atomic E-state index is 5.43. The molecule has 3 rings (SSSR count). The SMILES string of the molecule is COc1cc(OC)c2ccc(-c3ccc(C)c(C)c3)nc2c1. The van der Waals surface area contributed by atoms with Crippen LogP contribution in [0, 0.1) is 13.8 Å². The maximum Gasteiger partial charge on any atom is 0.131 e. The van der Waals surface area contributed by atoms with Gasteiger partial charge in [-0.25, -0.2) is 4.98 Å². The first-order chi connectivity index (χ1) is 10.6. The summed E-state index contributed by atoms with van der Waals surface area (Å²) >= 11 is 0. The zero-order chi connectivity index (χ0) is 15.7. The van der Waals surface area contributed by atoms with Crippen LogP contribution in [0.2, 0.25) is 0 Å². The molecule has 0 N–H and O–H groups in total. The number of aryl methyl sites for hydroxylation is 2. The number of rotatable bonds is 3. The molecule has 0 amide bonds. The van der Waals surface area contributed by atoms with E-state index >= 15 is 0 Å². The van der Waals surface area contributed by atoms with Gasteiger partial charge in [-0.3, -0.25) is 0 Å². The summed E-state index contributed by atoms with van der Waals surface area (Å²) in [5.74, 6) is 1.52. The maximum absolute atomic E-state index is 5.43. The molecule has 0 atom stereocenters. The number of methoxy groups -OCH3 is 2. The summed E-state index contributed by atoms with van der Waals surface area (Å²) in [4.78, 5) is 4.77. The fourth-order valence-corrected chi connectivity index (χ4v) is 2.52. The van der Waals surface area contributed by atoms with Gasteiger partial charge >= 0.3 is 0 Å². The lowest BCUT2D eigenvalue weighted by Crippen LogP contribution is -1.92. The Morgan fingerprint density at radius 3 is 2.32 bits per heavy atom. The van der Waals surface area contributed by atoms with E-state index in [0.717, 1.165) is 33.7 Å². The fourth-order valence-electron chi connectivity index (χ4n) is 2.52. The second-order valence-corrected chi connectivity index (χ2v) is 5.39. The van der Waals surface area contributed by atoms with E-state index in [1.165, 1.54) is 11.1 Å². The molecule has 0 saturated heterocycles. The molecule has 0 radical (unpaired) electrons. The Bertz CT molecular complexity index is 840. The predicted octanol–water partition coefficient (Wildman–Crippen LogP) is 4.54. The minimum absolute atomic E-state index is 0.745. The second kappa shape index (κ2) is 5.68. The van der Waals surface area contributed by atoms with Crippen LogP contribution in [0.15, 0.2) is 42.5 Å². The van der Waals surface area contributed by atoms with Crippen molar-refractivity contribution in [2.24, 2.45) is 0 Å². The average molecular weight is 293 g/mol. The van der Waals surface area contributed by atoms with Gasteiger partial charge in [0, 0.05) is 23.1 Å². The molecule has 0 aliphatic carbocycles. The molecular weight excluding hydrogens is 274 g/mol. The van der Waals surface area contributed by atoms with Crippen LogP contribution < -0.4 is 9.47 Å². The van der Waals surface area contributed by atoms with E-state index in [0.29, 0.717) is 0 Å². The molecule has 3 aromatic rings. The number of nitrogens with zero attached hydrogens (tertiary/aromatic N) is 1. The number of pyridine rings is 1. The minimum Gasteiger partial charge on any atom is -0.497 e. The Morgan fingerprint density at radius 2 is 1.64 bits per heavy atom. The zero-order valence-electron chi connectivity index (χ0n) is 13.3. The molecule has 3 nitrogen and oxygen atoms in total. The van der Waals surface area contributed by atoms with Gasteiger partial charge in [0.05, 0.1) is 25.4 Å². The third-order valence-electron chi connectivity index (χ3n) is 4.00. The Balaban J connectivity index is 2.18. The van der Waals surface area contributed by atoms with Gasteiger partial charge in [-0.15, -0.1) is 0 Å². The summed E-state index contributed by atoms with van der Waals surface area (Å²) in [6.45, 7) is 4.23. The summed E-state index contributed by atoms with van der Waals surface area (Å²) in [6, 6.07) is 14.3. The highest BCUT2D eigenvalue weighted by Gasteiger charge is 2.09. The van der Waals surface area contributed by atoms with Gasteiger partial charge in [-0.05, 0) is 43.2 Å². The summed E-state index contributed by atoms with van der Waals surface area (Å²) in [5.41, 5.74) is 5.49. The molecule has 0 saturated carbocycles. The van der Waals surface area contributed by atoms with E-state index in [1.807, 2.05) is 24.3 Å². The van der Waals surface area contributed by atoms with Crippen molar-refractivity contribution in [1.82, 2.24) is 4.98 Å². The largest absolute Gasteiger partial charge is 0.497 e. The second-order valence-electron chi connectivity index (χ2n) is 5.39. The highest BCUT2D eigenvalue weighted by molar-refractivity contribution is 5.88. The molecule has 0 aliphatic heterocycles. The number of aromatic nitrogens is 1. The first-order valence-corrected chi connectivity index (χ1v) is 7.23. The van der Waals surface area contributed by atoms with Gasteiger partial charge in [-0.2, -0.15) is 0 Å². The van der Waals surface area contributed by atoms with E-state index < -0.39 is 0 Å². The lowest BCUT2D eigenvalue weighted by molar-refractivity contribution is 0.398. The van der Waals surface area contributed by atoms with Crippen molar-refractivity contribution in [1.29, 1.82) is 0 Å². The van der Waals surface area contributed by atoms with Crippen LogP contribution in [0.4, 0.5) is 0 Å². The third kappa shape index (κ3) is 2.50. The molecule has 0 bridgehead atoms. The van der Waals surface area contributed by atoms with E-state index in [4.69, 9.17) is 14.5 Å². The number of hydrogen-bond acceptors (Lipinski definition) is 3. The van der Waals surface area contributed by atoms with E-state index in [-0.39, 0.29) is 0 Å². The first-order valence-electron chi connectivity index (χ1n) is 7.23. The molecule has 0 fully saturated rings. The Labute approximate surface area is 130 Å². The van der Waals surface area contributed by atoms with Crippen LogP contribution in [0.3, 0.4) is 0 Å². The monoisotopic (exact) mass is 293 g/mol. The summed E-state index contributed by atoms with van der Waals surface area (Å²) < 4.78 is 10.8. The van der Waals surface area contributed by atoms with Crippen LogP contribution in [0.5, 0.6) is 11.5 Å². The fraction of sp³-hybridized carbons (Fsp3) is 0.211. The standard InChI is InChI=1S/C19H19NO2/c1-12-5-6-14(9-13(12)2)17-8-7-16-18(20-17)10-15(21-3)11-19(16)22-4/h5-11H,1-4H3. The highest BCUT2D eigenvalue weighted by Crippen LogP contribution is 2.32. The molecular formula is C19H19NO2. The van der Waals surface area contributed by atoms with Crippen LogP contribution >= 0.6 is 0 Å². The molecule has 0 unspecified atom stereocenters. The summed E-state index contributed by atoms with van der Waals surface area (Å²) in [5, 5.41) is 0.982. The third-order valence-corrected chi connectivity index (χ3v) is 4.00. The van der Waals surface area contributed by atoms with Crippen LogP contribution in [0.1, 0.15) is 11.1 Å². The van der Waals surface area contributed by atoms with E-state index in [2.05, 4.69) is 32.0 Å². The molecule has 1 heterocycles. The number of hydrogen-bond donors (Lipinski definition) is 0. The highest BCUT2D eigenvalue weighted by atomic mass is 16.5. The quantitative estimate of drug-likeness (QED) is 0.710. The molecule has 0 aliphatic rings.